The van der Waals surface area contributed by atoms with Crippen LogP contribution < -0.4 is 26.4 Å². The summed E-state index contributed by atoms with van der Waals surface area (Å²) >= 11 is 0. The van der Waals surface area contributed by atoms with Crippen LogP contribution in [0, 0.1) is 0 Å². The molecule has 0 bridgehead atoms. The maximum atomic E-state index is 12.0. The van der Waals surface area contributed by atoms with E-state index in [2.05, 4.69) is 16.0 Å². The van der Waals surface area contributed by atoms with Gasteiger partial charge in [-0.15, -0.1) is 0 Å². The van der Waals surface area contributed by atoms with Crippen molar-refractivity contribution >= 4 is 23.7 Å². The molecule has 1 aromatic carbocycles. The average Bonchev–Trinajstić information content (AvgIpc) is 2.65. The van der Waals surface area contributed by atoms with E-state index in [1.165, 1.54) is 20.8 Å². The van der Waals surface area contributed by atoms with Gasteiger partial charge >= 0.3 is 5.97 Å². The molecule has 28 heavy (non-hydrogen) atoms. The molecule has 1 rings (SSSR count). The number of amides is 3. The molecule has 1 aromatic rings. The number of esters is 1. The van der Waals surface area contributed by atoms with Gasteiger partial charge in [-0.2, -0.15) is 0 Å². The second-order valence-corrected chi connectivity index (χ2v) is 6.07. The third kappa shape index (κ3) is 8.60. The summed E-state index contributed by atoms with van der Waals surface area (Å²) in [6, 6.07) is 6.02. The Labute approximate surface area is 163 Å². The largest absolute Gasteiger partial charge is 0.425 e. The molecule has 10 heteroatoms. The molecule has 154 valence electrons. The molecule has 5 N–H and O–H groups in total. The molecule has 10 nitrogen and oxygen atoms in total. The van der Waals surface area contributed by atoms with E-state index < -0.39 is 41.8 Å². The van der Waals surface area contributed by atoms with Gasteiger partial charge in [0.1, 0.15) is 31.2 Å². The number of hydrogen-bond donors (Lipinski definition) is 4. The molecule has 0 radical (unpaired) electrons. The normalized spacial score (nSPS) is 13.6. The number of nitrogens with one attached hydrogen (secondary N) is 3. The van der Waals surface area contributed by atoms with Crippen molar-refractivity contribution in [2.45, 2.75) is 38.9 Å². The van der Waals surface area contributed by atoms with Crippen molar-refractivity contribution in [1.82, 2.24) is 16.0 Å². The molecule has 0 aliphatic heterocycles. The highest BCUT2D eigenvalue weighted by molar-refractivity contribution is 5.92. The van der Waals surface area contributed by atoms with Crippen LogP contribution in [-0.2, 0) is 23.9 Å². The molecule has 0 spiro atoms. The van der Waals surface area contributed by atoms with Crippen LogP contribution in [0.15, 0.2) is 30.3 Å². The topological polar surface area (TPSA) is 149 Å². The van der Waals surface area contributed by atoms with Crippen LogP contribution in [0.1, 0.15) is 20.8 Å². The second-order valence-electron chi connectivity index (χ2n) is 6.07. The maximum Gasteiger partial charge on any atom is 0.337 e. The minimum atomic E-state index is -0.873. The van der Waals surface area contributed by atoms with E-state index in [-0.39, 0.29) is 13.3 Å². The quantitative estimate of drug-likeness (QED) is 0.173. The fraction of sp³-hybridized carbons (Fsp3) is 0.444. The summed E-state index contributed by atoms with van der Waals surface area (Å²) in [5.41, 5.74) is 5.41. The molecular formula is C18H26N4O6. The van der Waals surface area contributed by atoms with E-state index in [0.29, 0.717) is 5.75 Å². The zero-order valence-corrected chi connectivity index (χ0v) is 16.1. The van der Waals surface area contributed by atoms with Gasteiger partial charge in [-0.25, -0.2) is 4.79 Å². The minimum absolute atomic E-state index is 0.236. The number of hydrogen-bond acceptors (Lipinski definition) is 7. The monoisotopic (exact) mass is 394 g/mol. The third-order valence-corrected chi connectivity index (χ3v) is 3.46. The van der Waals surface area contributed by atoms with Crippen LogP contribution >= 0.6 is 0 Å². The first-order chi connectivity index (χ1) is 13.2. The fourth-order valence-corrected chi connectivity index (χ4v) is 1.87. The summed E-state index contributed by atoms with van der Waals surface area (Å²) in [4.78, 5) is 47.0. The van der Waals surface area contributed by atoms with Crippen LogP contribution in [0.25, 0.3) is 0 Å². The van der Waals surface area contributed by atoms with Gasteiger partial charge in [0.15, 0.2) is 0 Å². The number of para-hydroxylation sites is 1. The summed E-state index contributed by atoms with van der Waals surface area (Å²) in [7, 11) is 0. The number of ether oxygens (including phenoxy) is 2. The Balaban J connectivity index is 2.26. The summed E-state index contributed by atoms with van der Waals surface area (Å²) in [6.07, 6.45) is 0. The van der Waals surface area contributed by atoms with Crippen molar-refractivity contribution in [3.63, 3.8) is 0 Å². The van der Waals surface area contributed by atoms with Crippen LogP contribution in [0.5, 0.6) is 5.75 Å². The van der Waals surface area contributed by atoms with Crippen molar-refractivity contribution in [1.29, 1.82) is 0 Å². The third-order valence-electron chi connectivity index (χ3n) is 3.46. The van der Waals surface area contributed by atoms with Crippen LogP contribution in [0.2, 0.25) is 0 Å². The zero-order valence-electron chi connectivity index (χ0n) is 16.1. The van der Waals surface area contributed by atoms with Gasteiger partial charge in [0.05, 0.1) is 6.04 Å². The predicted octanol–water partition coefficient (Wildman–Crippen LogP) is -0.961. The molecule has 3 amide bonds. The number of nitrogens with two attached hydrogens (primary N) is 1. The molecule has 0 saturated heterocycles. The number of rotatable bonds is 10. The minimum Gasteiger partial charge on any atom is -0.425 e. The Bertz CT molecular complexity index is 680. The lowest BCUT2D eigenvalue weighted by Gasteiger charge is -2.19. The number of carbonyl (C=O) groups excluding carboxylic acids is 4. The molecule has 1 unspecified atom stereocenters. The number of carbonyl (C=O) groups is 4. The Morgan fingerprint density at radius 3 is 2.11 bits per heavy atom. The first kappa shape index (κ1) is 23.1. The Morgan fingerprint density at radius 2 is 1.50 bits per heavy atom. The Hall–Kier alpha value is -2.98. The molecule has 3 atom stereocenters. The Morgan fingerprint density at radius 1 is 0.929 bits per heavy atom. The van der Waals surface area contributed by atoms with Crippen LogP contribution in [0.3, 0.4) is 0 Å². The molecule has 0 aliphatic carbocycles. The van der Waals surface area contributed by atoms with Crippen molar-refractivity contribution in [2.75, 3.05) is 13.3 Å². The van der Waals surface area contributed by atoms with E-state index in [0.717, 1.165) is 0 Å². The maximum absolute atomic E-state index is 12.0. The highest BCUT2D eigenvalue weighted by Gasteiger charge is 2.21. The molecule has 0 aromatic heterocycles. The highest BCUT2D eigenvalue weighted by Crippen LogP contribution is 2.08. The zero-order chi connectivity index (χ0) is 21.1. The van der Waals surface area contributed by atoms with Crippen LogP contribution in [0.4, 0.5) is 0 Å². The lowest BCUT2D eigenvalue weighted by Crippen LogP contribution is -2.53. The van der Waals surface area contributed by atoms with Gasteiger partial charge in [0, 0.05) is 0 Å². The van der Waals surface area contributed by atoms with Gasteiger partial charge in [-0.05, 0) is 32.9 Å². The summed E-state index contributed by atoms with van der Waals surface area (Å²) < 4.78 is 10.0. The second kappa shape index (κ2) is 11.7. The summed E-state index contributed by atoms with van der Waals surface area (Å²) in [5, 5.41) is 7.29. The molecule has 0 aliphatic rings. The molecule has 0 fully saturated rings. The smallest absolute Gasteiger partial charge is 0.337 e. The van der Waals surface area contributed by atoms with E-state index in [1.807, 2.05) is 0 Å². The molecule has 0 heterocycles. The van der Waals surface area contributed by atoms with E-state index >= 15 is 0 Å². The highest BCUT2D eigenvalue weighted by atomic mass is 16.6. The lowest BCUT2D eigenvalue weighted by molar-refractivity contribution is -0.141. The fourth-order valence-electron chi connectivity index (χ4n) is 1.87. The molecule has 0 saturated carbocycles. The van der Waals surface area contributed by atoms with Gasteiger partial charge < -0.3 is 31.2 Å². The van der Waals surface area contributed by atoms with Crippen LogP contribution in [-0.4, -0.2) is 55.2 Å². The average molecular weight is 394 g/mol. The summed E-state index contributed by atoms with van der Waals surface area (Å²) in [5.74, 6) is -1.75. The van der Waals surface area contributed by atoms with Gasteiger partial charge in [0.25, 0.3) is 0 Å². The first-order valence-corrected chi connectivity index (χ1v) is 8.68. The van der Waals surface area contributed by atoms with Crippen molar-refractivity contribution in [3.8, 4) is 5.75 Å². The van der Waals surface area contributed by atoms with E-state index in [1.54, 1.807) is 30.3 Å². The van der Waals surface area contributed by atoms with Gasteiger partial charge in [-0.3, -0.25) is 14.4 Å². The SMILES string of the molecule is CC(NC(=O)[C@H](C)N)C(=O)N[C@@H](C)C(=O)NCOCC(=O)Oc1ccccc1. The van der Waals surface area contributed by atoms with Gasteiger partial charge in [-0.1, -0.05) is 18.2 Å². The van der Waals surface area contributed by atoms with Crippen molar-refractivity contribution < 1.29 is 28.7 Å². The lowest BCUT2D eigenvalue weighted by atomic mass is 10.2. The summed E-state index contributed by atoms with van der Waals surface area (Å²) in [6.45, 7) is 3.85. The van der Waals surface area contributed by atoms with Gasteiger partial charge in [0.2, 0.25) is 17.7 Å². The standard InChI is InChI=1S/C18H26N4O6/c1-11(19)16(24)21-13(3)18(26)22-12(2)17(25)20-10-27-9-15(23)28-14-7-5-4-6-8-14/h4-8,11-13H,9-10,19H2,1-3H3,(H,20,25)(H,21,24)(H,22,26)/t11-,12-,13?/m0/s1. The Kier molecular flexibility index (Phi) is 9.61. The molecular weight excluding hydrogens is 368 g/mol. The van der Waals surface area contributed by atoms with Crippen molar-refractivity contribution in [3.05, 3.63) is 30.3 Å². The van der Waals surface area contributed by atoms with E-state index in [9.17, 15) is 19.2 Å². The first-order valence-electron chi connectivity index (χ1n) is 8.68. The van der Waals surface area contributed by atoms with Crippen molar-refractivity contribution in [2.24, 2.45) is 5.73 Å². The number of benzene rings is 1. The van der Waals surface area contributed by atoms with E-state index in [4.69, 9.17) is 15.2 Å². The predicted molar refractivity (Wildman–Crippen MR) is 99.9 cm³/mol.